The molecule has 1 aromatic carbocycles. The van der Waals surface area contributed by atoms with Crippen LogP contribution in [-0.2, 0) is 12.8 Å². The first-order valence-corrected chi connectivity index (χ1v) is 10.5. The molecule has 7 nitrogen and oxygen atoms in total. The van der Waals surface area contributed by atoms with Crippen LogP contribution in [0.25, 0.3) is 16.7 Å². The molecule has 146 valence electrons. The third-order valence-corrected chi connectivity index (χ3v) is 6.79. The van der Waals surface area contributed by atoms with Gasteiger partial charge in [-0.25, -0.2) is 4.98 Å². The van der Waals surface area contributed by atoms with Gasteiger partial charge in [0.25, 0.3) is 0 Å². The predicted molar refractivity (Wildman–Crippen MR) is 116 cm³/mol. The normalized spacial score (nSPS) is 13.6. The van der Waals surface area contributed by atoms with Crippen LogP contribution >= 0.6 is 11.3 Å². The summed E-state index contributed by atoms with van der Waals surface area (Å²) in [7, 11) is 0. The Bertz CT molecular complexity index is 1440. The average molecular weight is 411 g/mol. The lowest BCUT2D eigenvalue weighted by Crippen LogP contribution is -2.02. The van der Waals surface area contributed by atoms with Crippen molar-refractivity contribution in [3.63, 3.8) is 0 Å². The van der Waals surface area contributed by atoms with Crippen LogP contribution in [0.5, 0.6) is 0 Å². The van der Waals surface area contributed by atoms with E-state index in [4.69, 9.17) is 5.73 Å². The second kappa shape index (κ2) is 6.94. The number of fused-ring (bicyclic) bond motifs is 4. The topological polar surface area (TPSA) is 116 Å². The summed E-state index contributed by atoms with van der Waals surface area (Å²) in [5.41, 5.74) is 11.8. The molecule has 0 radical (unpaired) electrons. The highest BCUT2D eigenvalue weighted by molar-refractivity contribution is 7.16. The Kier molecular flexibility index (Phi) is 4.23. The minimum absolute atomic E-state index is 0.374. The molecule has 4 aromatic rings. The monoisotopic (exact) mass is 411 g/mol. The number of pyridine rings is 1. The van der Waals surface area contributed by atoms with E-state index in [1.807, 2.05) is 24.3 Å². The number of anilines is 1. The number of imidazole rings is 1. The summed E-state index contributed by atoms with van der Waals surface area (Å²) in [5, 5.41) is 28.9. The third kappa shape index (κ3) is 2.58. The summed E-state index contributed by atoms with van der Waals surface area (Å²) < 4.78 is 1.75. The lowest BCUT2D eigenvalue weighted by atomic mass is 9.96. The zero-order valence-electron chi connectivity index (χ0n) is 16.3. The van der Waals surface area contributed by atoms with E-state index in [-0.39, 0.29) is 0 Å². The summed E-state index contributed by atoms with van der Waals surface area (Å²) in [6, 6.07) is 12.1. The van der Waals surface area contributed by atoms with Crippen molar-refractivity contribution in [1.82, 2.24) is 9.38 Å². The molecule has 0 spiro atoms. The van der Waals surface area contributed by atoms with E-state index in [9.17, 15) is 10.5 Å². The maximum atomic E-state index is 9.78. The van der Waals surface area contributed by atoms with E-state index in [0.29, 0.717) is 38.8 Å². The van der Waals surface area contributed by atoms with E-state index in [1.54, 1.807) is 11.3 Å². The number of nitriles is 2. The first-order chi connectivity index (χ1) is 14.6. The van der Waals surface area contributed by atoms with Gasteiger partial charge in [0.2, 0.25) is 0 Å². The van der Waals surface area contributed by atoms with E-state index in [2.05, 4.69) is 27.4 Å². The molecule has 8 heteroatoms. The van der Waals surface area contributed by atoms with Crippen LogP contribution in [0.1, 0.15) is 40.0 Å². The highest BCUT2D eigenvalue weighted by Crippen LogP contribution is 2.41. The van der Waals surface area contributed by atoms with E-state index in [1.165, 1.54) is 16.2 Å². The Morgan fingerprint density at radius 2 is 1.87 bits per heavy atom. The van der Waals surface area contributed by atoms with Gasteiger partial charge < -0.3 is 5.73 Å². The molecule has 0 amide bonds. The Labute approximate surface area is 176 Å². The SMILES string of the molecule is Cc1c(N=Nc2sc3c(c2C#N)CCCC3)c(N)n2c(nc3ccccc32)c1C#N. The molecule has 2 N–H and O–H groups in total. The number of azo groups is 1. The number of rotatable bonds is 2. The molecule has 0 unspecified atom stereocenters. The number of aryl methyl sites for hydroxylation is 1. The number of thiophene rings is 1. The molecule has 5 rings (SSSR count). The van der Waals surface area contributed by atoms with Gasteiger partial charge in [-0.1, -0.05) is 12.1 Å². The predicted octanol–water partition coefficient (Wildman–Crippen LogP) is 5.48. The quantitative estimate of drug-likeness (QED) is 0.440. The number of benzene rings is 1. The van der Waals surface area contributed by atoms with Crippen molar-refractivity contribution >= 4 is 44.5 Å². The zero-order valence-corrected chi connectivity index (χ0v) is 17.1. The van der Waals surface area contributed by atoms with Crippen LogP contribution in [0.2, 0.25) is 0 Å². The number of para-hydroxylation sites is 2. The summed E-state index contributed by atoms with van der Waals surface area (Å²) in [6.07, 6.45) is 4.13. The second-order valence-electron chi connectivity index (χ2n) is 7.31. The van der Waals surface area contributed by atoms with Gasteiger partial charge in [0, 0.05) is 10.4 Å². The van der Waals surface area contributed by atoms with Crippen molar-refractivity contribution < 1.29 is 0 Å². The molecule has 30 heavy (non-hydrogen) atoms. The second-order valence-corrected chi connectivity index (χ2v) is 8.39. The van der Waals surface area contributed by atoms with Crippen LogP contribution in [-0.4, -0.2) is 9.38 Å². The summed E-state index contributed by atoms with van der Waals surface area (Å²) in [6.45, 7) is 1.80. The standard InChI is InChI=1S/C22H17N7S/c1-12-14(10-23)21-26-16-7-3-4-8-17(16)29(21)20(25)19(12)27-28-22-15(11-24)13-6-2-5-9-18(13)30-22/h3-4,7-8H,2,5-6,9,25H2,1H3. The van der Waals surface area contributed by atoms with Crippen molar-refractivity contribution in [1.29, 1.82) is 10.5 Å². The molecule has 0 saturated carbocycles. The van der Waals surface area contributed by atoms with Gasteiger partial charge in [0.15, 0.2) is 10.6 Å². The maximum Gasteiger partial charge on any atom is 0.157 e. The number of nitrogens with two attached hydrogens (primary N) is 1. The molecule has 0 saturated heterocycles. The summed E-state index contributed by atoms with van der Waals surface area (Å²) in [4.78, 5) is 5.81. The number of aromatic nitrogens is 2. The Morgan fingerprint density at radius 3 is 2.67 bits per heavy atom. The lowest BCUT2D eigenvalue weighted by Gasteiger charge is -2.10. The molecule has 0 aliphatic heterocycles. The molecule has 0 fully saturated rings. The van der Waals surface area contributed by atoms with Gasteiger partial charge in [-0.2, -0.15) is 10.5 Å². The van der Waals surface area contributed by atoms with Gasteiger partial charge >= 0.3 is 0 Å². The molecule has 1 aliphatic rings. The molecular formula is C22H17N7S. The fraction of sp³-hybridized carbons (Fsp3) is 0.227. The van der Waals surface area contributed by atoms with Gasteiger partial charge in [-0.3, -0.25) is 4.40 Å². The first kappa shape index (κ1) is 18.3. The number of nitrogen functional groups attached to an aromatic ring is 1. The Hall–Kier alpha value is -3.75. The maximum absolute atomic E-state index is 9.78. The third-order valence-electron chi connectivity index (χ3n) is 5.62. The number of hydrogen-bond acceptors (Lipinski definition) is 7. The summed E-state index contributed by atoms with van der Waals surface area (Å²) in [5.74, 6) is 0.374. The van der Waals surface area contributed by atoms with Crippen molar-refractivity contribution in [2.45, 2.75) is 32.6 Å². The van der Waals surface area contributed by atoms with Crippen molar-refractivity contribution in [2.24, 2.45) is 10.2 Å². The largest absolute Gasteiger partial charge is 0.383 e. The van der Waals surface area contributed by atoms with Crippen LogP contribution in [0, 0.1) is 29.6 Å². The average Bonchev–Trinajstić information content (AvgIpc) is 3.31. The van der Waals surface area contributed by atoms with Gasteiger partial charge in [-0.15, -0.1) is 21.6 Å². The Balaban J connectivity index is 1.72. The molecule has 0 atom stereocenters. The molecular weight excluding hydrogens is 394 g/mol. The minimum Gasteiger partial charge on any atom is -0.383 e. The van der Waals surface area contributed by atoms with Gasteiger partial charge in [-0.05, 0) is 50.3 Å². The van der Waals surface area contributed by atoms with E-state index in [0.717, 1.165) is 42.3 Å². The minimum atomic E-state index is 0.374. The highest BCUT2D eigenvalue weighted by atomic mass is 32.1. The molecule has 0 bridgehead atoms. The smallest absolute Gasteiger partial charge is 0.157 e. The fourth-order valence-electron chi connectivity index (χ4n) is 4.11. The molecule has 3 heterocycles. The van der Waals surface area contributed by atoms with E-state index >= 15 is 0 Å². The molecule has 1 aliphatic carbocycles. The van der Waals surface area contributed by atoms with Gasteiger partial charge in [0.1, 0.15) is 29.2 Å². The van der Waals surface area contributed by atoms with Crippen molar-refractivity contribution in [3.05, 3.63) is 51.4 Å². The van der Waals surface area contributed by atoms with Crippen molar-refractivity contribution in [2.75, 3.05) is 5.73 Å². The molecule has 3 aromatic heterocycles. The van der Waals surface area contributed by atoms with Crippen LogP contribution < -0.4 is 5.73 Å². The van der Waals surface area contributed by atoms with Crippen LogP contribution in [0.4, 0.5) is 16.5 Å². The zero-order chi connectivity index (χ0) is 20.8. The highest BCUT2D eigenvalue weighted by Gasteiger charge is 2.22. The Morgan fingerprint density at radius 1 is 1.10 bits per heavy atom. The number of hydrogen-bond donors (Lipinski definition) is 1. The van der Waals surface area contributed by atoms with Crippen LogP contribution in [0.3, 0.4) is 0 Å². The van der Waals surface area contributed by atoms with Crippen molar-refractivity contribution in [3.8, 4) is 12.1 Å². The lowest BCUT2D eigenvalue weighted by molar-refractivity contribution is 0.696. The first-order valence-electron chi connectivity index (χ1n) is 9.69. The number of nitrogens with zero attached hydrogens (tertiary/aromatic N) is 6. The summed E-state index contributed by atoms with van der Waals surface area (Å²) >= 11 is 1.53. The van der Waals surface area contributed by atoms with E-state index < -0.39 is 0 Å². The fourth-order valence-corrected chi connectivity index (χ4v) is 5.27. The van der Waals surface area contributed by atoms with Gasteiger partial charge in [0.05, 0.1) is 16.6 Å². The van der Waals surface area contributed by atoms with Crippen LogP contribution in [0.15, 0.2) is 34.5 Å².